The number of carbonyl (C=O) groups is 1. The second-order valence-corrected chi connectivity index (χ2v) is 7.55. The van der Waals surface area contributed by atoms with E-state index in [1.807, 2.05) is 43.0 Å². The molecule has 4 heteroatoms. The van der Waals surface area contributed by atoms with Crippen molar-refractivity contribution >= 4 is 5.91 Å². The van der Waals surface area contributed by atoms with Crippen LogP contribution >= 0.6 is 0 Å². The molecule has 0 bridgehead atoms. The molecule has 1 atom stereocenters. The fourth-order valence-electron chi connectivity index (χ4n) is 3.26. The Labute approximate surface area is 145 Å². The number of rotatable bonds is 7. The van der Waals surface area contributed by atoms with E-state index in [1.165, 1.54) is 6.42 Å². The van der Waals surface area contributed by atoms with Gasteiger partial charge in [-0.15, -0.1) is 0 Å². The monoisotopic (exact) mass is 333 g/mol. The maximum Gasteiger partial charge on any atom is 0.253 e. The summed E-state index contributed by atoms with van der Waals surface area (Å²) in [4.78, 5) is 14.8. The number of aliphatic hydroxyl groups is 1. The Morgan fingerprint density at radius 3 is 2.92 bits per heavy atom. The van der Waals surface area contributed by atoms with Crippen LogP contribution in [0.3, 0.4) is 0 Å². The molecule has 1 heterocycles. The molecule has 0 aliphatic carbocycles. The van der Waals surface area contributed by atoms with Crippen LogP contribution in [0.4, 0.5) is 0 Å². The molecule has 1 fully saturated rings. The van der Waals surface area contributed by atoms with Gasteiger partial charge in [0, 0.05) is 32.4 Å². The first kappa shape index (κ1) is 18.9. The number of nitrogens with zero attached hydrogens (tertiary/aromatic N) is 1. The first-order valence-electron chi connectivity index (χ1n) is 8.98. The molecular formula is C20H31NO3. The van der Waals surface area contributed by atoms with Crippen LogP contribution in [0.25, 0.3) is 0 Å². The van der Waals surface area contributed by atoms with Crippen LogP contribution in [0.2, 0.25) is 0 Å². The van der Waals surface area contributed by atoms with Gasteiger partial charge in [-0.25, -0.2) is 0 Å². The molecule has 134 valence electrons. The maximum absolute atomic E-state index is 12.8. The summed E-state index contributed by atoms with van der Waals surface area (Å²) in [5.41, 5.74) is 1.19. The van der Waals surface area contributed by atoms with Crippen LogP contribution in [-0.4, -0.2) is 48.3 Å². The van der Waals surface area contributed by atoms with Gasteiger partial charge in [0.05, 0.1) is 5.60 Å². The van der Waals surface area contributed by atoms with Crippen molar-refractivity contribution < 1.29 is 14.6 Å². The number of ether oxygens (including phenoxy) is 1. The summed E-state index contributed by atoms with van der Waals surface area (Å²) in [6.45, 7) is 6.07. The number of hydrogen-bond acceptors (Lipinski definition) is 3. The summed E-state index contributed by atoms with van der Waals surface area (Å²) in [6, 6.07) is 7.85. The van der Waals surface area contributed by atoms with Gasteiger partial charge in [0.15, 0.2) is 0 Å². The van der Waals surface area contributed by atoms with E-state index in [-0.39, 0.29) is 5.91 Å². The van der Waals surface area contributed by atoms with Crippen molar-refractivity contribution in [2.75, 3.05) is 26.8 Å². The molecule has 2 rings (SSSR count). The standard InChI is InChI=1S/C20H31NO3/c1-20(2,23)11-9-16-6-4-8-18(14-16)19(22)21-12-5-7-17(15-21)10-13-24-3/h4,6,8,14,17,23H,5,7,9-13,15H2,1-3H3. The number of methoxy groups -OCH3 is 1. The third kappa shape index (κ3) is 5.91. The molecule has 0 aromatic heterocycles. The van der Waals surface area contributed by atoms with Crippen LogP contribution in [0.5, 0.6) is 0 Å². The summed E-state index contributed by atoms with van der Waals surface area (Å²) in [5.74, 6) is 0.670. The largest absolute Gasteiger partial charge is 0.390 e. The van der Waals surface area contributed by atoms with Gasteiger partial charge >= 0.3 is 0 Å². The molecule has 1 unspecified atom stereocenters. The highest BCUT2D eigenvalue weighted by Gasteiger charge is 2.24. The number of likely N-dealkylation sites (tertiary alicyclic amines) is 1. The van der Waals surface area contributed by atoms with E-state index in [2.05, 4.69) is 0 Å². The lowest BCUT2D eigenvalue weighted by Crippen LogP contribution is -2.40. The Morgan fingerprint density at radius 1 is 1.42 bits per heavy atom. The zero-order chi connectivity index (χ0) is 17.6. The average Bonchev–Trinajstić information content (AvgIpc) is 2.57. The van der Waals surface area contributed by atoms with Crippen molar-refractivity contribution in [3.8, 4) is 0 Å². The normalized spacial score (nSPS) is 18.7. The highest BCUT2D eigenvalue weighted by Crippen LogP contribution is 2.22. The first-order valence-corrected chi connectivity index (χ1v) is 8.98. The molecule has 0 spiro atoms. The number of piperidine rings is 1. The zero-order valence-corrected chi connectivity index (χ0v) is 15.3. The van der Waals surface area contributed by atoms with Crippen molar-refractivity contribution in [3.05, 3.63) is 35.4 Å². The molecule has 1 amide bonds. The van der Waals surface area contributed by atoms with Gasteiger partial charge < -0.3 is 14.7 Å². The Balaban J connectivity index is 1.98. The van der Waals surface area contributed by atoms with E-state index in [9.17, 15) is 9.90 Å². The van der Waals surface area contributed by atoms with Crippen LogP contribution in [-0.2, 0) is 11.2 Å². The second-order valence-electron chi connectivity index (χ2n) is 7.55. The Bertz CT molecular complexity index is 536. The molecule has 1 aromatic rings. The fourth-order valence-corrected chi connectivity index (χ4v) is 3.26. The van der Waals surface area contributed by atoms with Gasteiger partial charge in [0.1, 0.15) is 0 Å². The molecular weight excluding hydrogens is 302 g/mol. The lowest BCUT2D eigenvalue weighted by molar-refractivity contribution is 0.0642. The maximum atomic E-state index is 12.8. The minimum Gasteiger partial charge on any atom is -0.390 e. The third-order valence-electron chi connectivity index (χ3n) is 4.74. The Hall–Kier alpha value is -1.39. The second kappa shape index (κ2) is 8.63. The molecule has 4 nitrogen and oxygen atoms in total. The van der Waals surface area contributed by atoms with Crippen LogP contribution in [0, 0.1) is 5.92 Å². The van der Waals surface area contributed by atoms with E-state index in [0.29, 0.717) is 12.3 Å². The lowest BCUT2D eigenvalue weighted by atomic mass is 9.94. The van der Waals surface area contributed by atoms with Crippen molar-refractivity contribution in [1.29, 1.82) is 0 Å². The molecule has 0 radical (unpaired) electrons. The summed E-state index contributed by atoms with van der Waals surface area (Å²) in [7, 11) is 1.73. The summed E-state index contributed by atoms with van der Waals surface area (Å²) < 4.78 is 5.17. The van der Waals surface area contributed by atoms with Gasteiger partial charge in [-0.3, -0.25) is 4.79 Å². The zero-order valence-electron chi connectivity index (χ0n) is 15.3. The van der Waals surface area contributed by atoms with Gasteiger partial charge in [0.2, 0.25) is 0 Å². The fraction of sp³-hybridized carbons (Fsp3) is 0.650. The van der Waals surface area contributed by atoms with E-state index >= 15 is 0 Å². The number of aryl methyl sites for hydroxylation is 1. The van der Waals surface area contributed by atoms with Gasteiger partial charge in [-0.2, -0.15) is 0 Å². The molecule has 1 saturated heterocycles. The predicted molar refractivity (Wildman–Crippen MR) is 96.2 cm³/mol. The number of hydrogen-bond donors (Lipinski definition) is 1. The number of carbonyl (C=O) groups excluding carboxylic acids is 1. The average molecular weight is 333 g/mol. The third-order valence-corrected chi connectivity index (χ3v) is 4.74. The summed E-state index contributed by atoms with van der Waals surface area (Å²) in [5, 5.41) is 9.88. The van der Waals surface area contributed by atoms with E-state index < -0.39 is 5.60 Å². The van der Waals surface area contributed by atoms with Crippen molar-refractivity contribution in [1.82, 2.24) is 4.90 Å². The topological polar surface area (TPSA) is 49.8 Å². The molecule has 24 heavy (non-hydrogen) atoms. The molecule has 1 N–H and O–H groups in total. The summed E-state index contributed by atoms with van der Waals surface area (Å²) >= 11 is 0. The number of benzene rings is 1. The smallest absolute Gasteiger partial charge is 0.253 e. The molecule has 1 aliphatic heterocycles. The quantitative estimate of drug-likeness (QED) is 0.833. The molecule has 1 aliphatic rings. The predicted octanol–water partition coefficient (Wildman–Crippen LogP) is 3.28. The first-order chi connectivity index (χ1) is 11.4. The minimum absolute atomic E-state index is 0.127. The van der Waals surface area contributed by atoms with E-state index in [4.69, 9.17) is 4.74 Å². The minimum atomic E-state index is -0.679. The molecule has 0 saturated carbocycles. The van der Waals surface area contributed by atoms with Crippen LogP contribution in [0.1, 0.15) is 55.5 Å². The van der Waals surface area contributed by atoms with Crippen molar-refractivity contribution in [2.45, 2.75) is 51.6 Å². The van der Waals surface area contributed by atoms with Gasteiger partial charge in [0.25, 0.3) is 5.91 Å². The SMILES string of the molecule is COCCC1CCCN(C(=O)c2cccc(CCC(C)(C)O)c2)C1. The van der Waals surface area contributed by atoms with E-state index in [0.717, 1.165) is 50.1 Å². The highest BCUT2D eigenvalue weighted by molar-refractivity contribution is 5.94. The highest BCUT2D eigenvalue weighted by atomic mass is 16.5. The van der Waals surface area contributed by atoms with Crippen LogP contribution < -0.4 is 0 Å². The number of amides is 1. The van der Waals surface area contributed by atoms with Crippen molar-refractivity contribution in [2.24, 2.45) is 5.92 Å². The molecule has 1 aromatic carbocycles. The van der Waals surface area contributed by atoms with Crippen molar-refractivity contribution in [3.63, 3.8) is 0 Å². The van der Waals surface area contributed by atoms with E-state index in [1.54, 1.807) is 7.11 Å². The Morgan fingerprint density at radius 2 is 2.21 bits per heavy atom. The van der Waals surface area contributed by atoms with Gasteiger partial charge in [-0.05, 0) is 69.6 Å². The lowest BCUT2D eigenvalue weighted by Gasteiger charge is -2.33. The summed E-state index contributed by atoms with van der Waals surface area (Å²) in [6.07, 6.45) is 4.73. The van der Waals surface area contributed by atoms with Crippen LogP contribution in [0.15, 0.2) is 24.3 Å². The Kier molecular flexibility index (Phi) is 6.81. The van der Waals surface area contributed by atoms with Gasteiger partial charge in [-0.1, -0.05) is 12.1 Å².